The number of likely N-dealkylation sites (N-methyl/N-ethyl adjacent to an activating group) is 1. The van der Waals surface area contributed by atoms with Crippen LogP contribution in [0.2, 0.25) is 0 Å². The Balaban J connectivity index is 1.67. The van der Waals surface area contributed by atoms with Gasteiger partial charge in [0.25, 0.3) is 10.0 Å². The fourth-order valence-electron chi connectivity index (χ4n) is 3.28. The third-order valence-corrected chi connectivity index (χ3v) is 8.65. The minimum absolute atomic E-state index is 0.111. The van der Waals surface area contributed by atoms with Gasteiger partial charge in [-0.05, 0) is 49.6 Å². The van der Waals surface area contributed by atoms with Crippen LogP contribution in [0.3, 0.4) is 0 Å². The van der Waals surface area contributed by atoms with Crippen molar-refractivity contribution in [3.8, 4) is 0 Å². The van der Waals surface area contributed by atoms with E-state index < -0.39 is 10.0 Å². The number of nitrogens with zero attached hydrogens (tertiary/aromatic N) is 2. The number of piperidine rings is 1. The second kappa shape index (κ2) is 8.71. The van der Waals surface area contributed by atoms with Crippen molar-refractivity contribution in [2.45, 2.75) is 42.9 Å². The summed E-state index contributed by atoms with van der Waals surface area (Å²) in [7, 11) is -1.77. The molecule has 0 N–H and O–H groups in total. The van der Waals surface area contributed by atoms with Gasteiger partial charge in [-0.25, -0.2) is 12.8 Å². The molecule has 28 heavy (non-hydrogen) atoms. The van der Waals surface area contributed by atoms with Crippen LogP contribution in [0.1, 0.15) is 42.7 Å². The van der Waals surface area contributed by atoms with Gasteiger partial charge in [-0.1, -0.05) is 18.6 Å². The van der Waals surface area contributed by atoms with Gasteiger partial charge in [-0.15, -0.1) is 11.3 Å². The predicted octanol–water partition coefficient (Wildman–Crippen LogP) is 3.82. The number of benzene rings is 1. The Morgan fingerprint density at radius 1 is 1.14 bits per heavy atom. The van der Waals surface area contributed by atoms with Crippen LogP contribution >= 0.6 is 11.3 Å². The van der Waals surface area contributed by atoms with Gasteiger partial charge in [0.15, 0.2) is 0 Å². The van der Waals surface area contributed by atoms with Crippen molar-refractivity contribution in [2.75, 3.05) is 20.1 Å². The van der Waals surface area contributed by atoms with Gasteiger partial charge >= 0.3 is 0 Å². The highest BCUT2D eigenvalue weighted by Gasteiger charge is 2.28. The molecule has 1 aliphatic rings. The first-order chi connectivity index (χ1) is 13.3. The smallest absolute Gasteiger partial charge is 0.252 e. The number of rotatable bonds is 6. The minimum atomic E-state index is -3.47. The lowest BCUT2D eigenvalue weighted by atomic mass is 10.1. The lowest BCUT2D eigenvalue weighted by molar-refractivity contribution is -0.131. The van der Waals surface area contributed by atoms with E-state index in [2.05, 4.69) is 0 Å². The highest BCUT2D eigenvalue weighted by atomic mass is 32.2. The van der Waals surface area contributed by atoms with Crippen molar-refractivity contribution in [3.05, 3.63) is 52.7 Å². The van der Waals surface area contributed by atoms with Crippen molar-refractivity contribution < 1.29 is 17.6 Å². The van der Waals surface area contributed by atoms with Crippen LogP contribution in [0.4, 0.5) is 4.39 Å². The molecule has 3 rings (SSSR count). The Morgan fingerprint density at radius 3 is 2.43 bits per heavy atom. The van der Waals surface area contributed by atoms with E-state index in [0.29, 0.717) is 17.3 Å². The quantitative estimate of drug-likeness (QED) is 0.708. The zero-order valence-corrected chi connectivity index (χ0v) is 17.7. The van der Waals surface area contributed by atoms with Crippen LogP contribution in [0.25, 0.3) is 0 Å². The van der Waals surface area contributed by atoms with E-state index in [9.17, 15) is 17.6 Å². The second-order valence-corrected chi connectivity index (χ2v) is 10.4. The number of hydrogen-bond acceptors (Lipinski definition) is 4. The fourth-order valence-corrected chi connectivity index (χ4v) is 6.30. The van der Waals surface area contributed by atoms with Crippen LogP contribution in [-0.4, -0.2) is 43.7 Å². The summed E-state index contributed by atoms with van der Waals surface area (Å²) in [6, 6.07) is 9.19. The fraction of sp³-hybridized carbons (Fsp3) is 0.450. The molecule has 0 saturated carbocycles. The first-order valence-electron chi connectivity index (χ1n) is 9.39. The van der Waals surface area contributed by atoms with Gasteiger partial charge in [-0.2, -0.15) is 4.31 Å². The van der Waals surface area contributed by atoms with E-state index in [4.69, 9.17) is 0 Å². The highest BCUT2D eigenvalue weighted by molar-refractivity contribution is 7.91. The monoisotopic (exact) mass is 424 g/mol. The highest BCUT2D eigenvalue weighted by Crippen LogP contribution is 2.28. The molecule has 2 heterocycles. The van der Waals surface area contributed by atoms with Crippen LogP contribution in [0, 0.1) is 5.82 Å². The third kappa shape index (κ3) is 4.61. The average molecular weight is 425 g/mol. The summed E-state index contributed by atoms with van der Waals surface area (Å²) < 4.78 is 40.4. The van der Waals surface area contributed by atoms with Crippen LogP contribution in [0.5, 0.6) is 0 Å². The summed E-state index contributed by atoms with van der Waals surface area (Å²) in [5.41, 5.74) is 0.844. The molecule has 5 nitrogen and oxygen atoms in total. The molecular weight excluding hydrogens is 399 g/mol. The molecule has 0 radical (unpaired) electrons. The molecule has 1 aromatic heterocycles. The van der Waals surface area contributed by atoms with Crippen LogP contribution < -0.4 is 0 Å². The van der Waals surface area contributed by atoms with E-state index in [1.165, 1.54) is 16.4 Å². The molecule has 1 saturated heterocycles. The molecule has 1 amide bonds. The van der Waals surface area contributed by atoms with Crippen LogP contribution in [0.15, 0.2) is 40.6 Å². The van der Waals surface area contributed by atoms with Gasteiger partial charge in [0.05, 0.1) is 12.5 Å². The predicted molar refractivity (Wildman–Crippen MR) is 108 cm³/mol. The third-order valence-electron chi connectivity index (χ3n) is 5.20. The molecule has 1 aromatic carbocycles. The number of hydrogen-bond donors (Lipinski definition) is 0. The van der Waals surface area contributed by atoms with E-state index in [0.717, 1.165) is 41.0 Å². The Labute approximate surface area is 169 Å². The Kier molecular flexibility index (Phi) is 6.52. The van der Waals surface area contributed by atoms with E-state index in [1.54, 1.807) is 36.2 Å². The number of amides is 1. The number of halogens is 1. The lowest BCUT2D eigenvalue weighted by Crippen LogP contribution is -2.35. The number of sulfonamides is 1. The largest absolute Gasteiger partial charge is 0.339 e. The molecule has 1 unspecified atom stereocenters. The summed E-state index contributed by atoms with van der Waals surface area (Å²) in [4.78, 5) is 15.0. The summed E-state index contributed by atoms with van der Waals surface area (Å²) in [6.45, 7) is 3.00. The van der Waals surface area contributed by atoms with Gasteiger partial charge in [0, 0.05) is 25.0 Å². The van der Waals surface area contributed by atoms with Crippen LogP contribution in [-0.2, 0) is 21.2 Å². The van der Waals surface area contributed by atoms with E-state index in [-0.39, 0.29) is 24.2 Å². The maximum Gasteiger partial charge on any atom is 0.252 e. The molecule has 152 valence electrons. The van der Waals surface area contributed by atoms with Gasteiger partial charge < -0.3 is 4.90 Å². The molecule has 2 aromatic rings. The van der Waals surface area contributed by atoms with Crippen molar-refractivity contribution in [1.82, 2.24) is 9.21 Å². The number of carbonyl (C=O) groups excluding carboxylic acids is 1. The molecule has 1 aliphatic heterocycles. The maximum absolute atomic E-state index is 13.1. The maximum atomic E-state index is 13.1. The summed E-state index contributed by atoms with van der Waals surface area (Å²) >= 11 is 1.16. The zero-order chi connectivity index (χ0) is 20.3. The topological polar surface area (TPSA) is 57.7 Å². The summed E-state index contributed by atoms with van der Waals surface area (Å²) in [5.74, 6) is -0.424. The number of thiophene rings is 1. The average Bonchev–Trinajstić information content (AvgIpc) is 3.17. The number of carbonyl (C=O) groups is 1. The normalized spacial score (nSPS) is 16.7. The Hall–Kier alpha value is -1.77. The molecule has 0 bridgehead atoms. The van der Waals surface area contributed by atoms with Gasteiger partial charge in [-0.3, -0.25) is 4.79 Å². The molecule has 0 aliphatic carbocycles. The molecule has 0 spiro atoms. The Bertz CT molecular complexity index is 919. The van der Waals surface area contributed by atoms with E-state index >= 15 is 0 Å². The van der Waals surface area contributed by atoms with Gasteiger partial charge in [0.2, 0.25) is 5.91 Å². The summed E-state index contributed by atoms with van der Waals surface area (Å²) in [5, 5.41) is 0. The molecule has 1 atom stereocenters. The lowest BCUT2D eigenvalue weighted by Gasteiger charge is -2.25. The van der Waals surface area contributed by atoms with E-state index in [1.807, 2.05) is 6.92 Å². The standard InChI is InChI=1S/C20H25FN2O3S2/c1-15(16-6-8-17(21)9-7-16)22(2)19(24)14-18-10-11-20(27-18)28(25,26)23-12-4-3-5-13-23/h6-11,15H,3-5,12-14H2,1-2H3. The first kappa shape index (κ1) is 21.0. The second-order valence-electron chi connectivity index (χ2n) is 7.09. The Morgan fingerprint density at radius 2 is 1.79 bits per heavy atom. The SMILES string of the molecule is CC(c1ccc(F)cc1)N(C)C(=O)Cc1ccc(S(=O)(=O)N2CCCCC2)s1. The molecular formula is C20H25FN2O3S2. The van der Waals surface area contributed by atoms with Gasteiger partial charge in [0.1, 0.15) is 10.0 Å². The zero-order valence-electron chi connectivity index (χ0n) is 16.1. The van der Waals surface area contributed by atoms with Crippen molar-refractivity contribution in [1.29, 1.82) is 0 Å². The molecule has 1 fully saturated rings. The van der Waals surface area contributed by atoms with Crippen molar-refractivity contribution in [2.24, 2.45) is 0 Å². The first-order valence-corrected chi connectivity index (χ1v) is 11.6. The van der Waals surface area contributed by atoms with Crippen molar-refractivity contribution >= 4 is 27.3 Å². The molecule has 8 heteroatoms. The minimum Gasteiger partial charge on any atom is -0.339 e. The summed E-state index contributed by atoms with van der Waals surface area (Å²) in [6.07, 6.45) is 2.99. The van der Waals surface area contributed by atoms with Crippen molar-refractivity contribution in [3.63, 3.8) is 0 Å².